The summed E-state index contributed by atoms with van der Waals surface area (Å²) in [5.41, 5.74) is 6.28. The van der Waals surface area contributed by atoms with Gasteiger partial charge in [-0.05, 0) is 37.3 Å². The first-order valence-electron chi connectivity index (χ1n) is 6.91. The van der Waals surface area contributed by atoms with E-state index in [9.17, 15) is 0 Å². The molecule has 3 nitrogen and oxygen atoms in total. The number of nitrogens with zero attached hydrogens (tertiary/aromatic N) is 1. The van der Waals surface area contributed by atoms with Crippen LogP contribution in [0, 0.1) is 0 Å². The van der Waals surface area contributed by atoms with Gasteiger partial charge in [-0.1, -0.05) is 13.0 Å². The molecule has 2 atom stereocenters. The highest BCUT2D eigenvalue weighted by molar-refractivity contribution is 7.09. The van der Waals surface area contributed by atoms with Gasteiger partial charge in [0.25, 0.3) is 0 Å². The van der Waals surface area contributed by atoms with Gasteiger partial charge in [-0.2, -0.15) is 0 Å². The van der Waals surface area contributed by atoms with Crippen molar-refractivity contribution in [1.82, 2.24) is 4.90 Å². The highest BCUT2D eigenvalue weighted by atomic mass is 32.1. The second kappa shape index (κ2) is 7.24. The summed E-state index contributed by atoms with van der Waals surface area (Å²) in [4.78, 5) is 3.89. The van der Waals surface area contributed by atoms with Crippen molar-refractivity contribution in [3.63, 3.8) is 0 Å². The Morgan fingerprint density at radius 2 is 2.50 bits per heavy atom. The Balaban J connectivity index is 1.75. The molecule has 1 saturated heterocycles. The topological polar surface area (TPSA) is 38.5 Å². The predicted octanol–water partition coefficient (Wildman–Crippen LogP) is 2.12. The second-order valence-electron chi connectivity index (χ2n) is 4.99. The molecule has 0 radical (unpaired) electrons. The number of hydrogen-bond donors (Lipinski definition) is 1. The van der Waals surface area contributed by atoms with Crippen LogP contribution in [0.3, 0.4) is 0 Å². The second-order valence-corrected chi connectivity index (χ2v) is 6.02. The van der Waals surface area contributed by atoms with Crippen LogP contribution < -0.4 is 5.73 Å². The van der Waals surface area contributed by atoms with Gasteiger partial charge in [-0.25, -0.2) is 0 Å². The SMILES string of the molecule is CCCN1CCOC(C(N)CCc2cccs2)C1. The summed E-state index contributed by atoms with van der Waals surface area (Å²) in [7, 11) is 0. The summed E-state index contributed by atoms with van der Waals surface area (Å²) in [6, 6.07) is 4.44. The maximum absolute atomic E-state index is 6.28. The Bertz CT molecular complexity index is 327. The summed E-state index contributed by atoms with van der Waals surface area (Å²) in [5, 5.41) is 2.13. The molecule has 102 valence electrons. The van der Waals surface area contributed by atoms with Crippen LogP contribution in [0.1, 0.15) is 24.6 Å². The van der Waals surface area contributed by atoms with Gasteiger partial charge in [-0.15, -0.1) is 11.3 Å². The largest absolute Gasteiger partial charge is 0.374 e. The zero-order chi connectivity index (χ0) is 12.8. The first-order valence-corrected chi connectivity index (χ1v) is 7.79. The van der Waals surface area contributed by atoms with Crippen molar-refractivity contribution in [2.75, 3.05) is 26.2 Å². The van der Waals surface area contributed by atoms with Gasteiger partial charge < -0.3 is 10.5 Å². The maximum atomic E-state index is 6.28. The van der Waals surface area contributed by atoms with Crippen LogP contribution in [0.4, 0.5) is 0 Å². The van der Waals surface area contributed by atoms with E-state index in [4.69, 9.17) is 10.5 Å². The van der Waals surface area contributed by atoms with Crippen LogP contribution in [0.15, 0.2) is 17.5 Å². The molecule has 2 N–H and O–H groups in total. The number of morpholine rings is 1. The monoisotopic (exact) mass is 268 g/mol. The Hall–Kier alpha value is -0.420. The van der Waals surface area contributed by atoms with E-state index in [0.717, 1.165) is 39.1 Å². The quantitative estimate of drug-likeness (QED) is 0.859. The number of ether oxygens (including phenoxy) is 1. The average Bonchev–Trinajstić information content (AvgIpc) is 2.90. The molecule has 0 aromatic carbocycles. The smallest absolute Gasteiger partial charge is 0.0853 e. The minimum atomic E-state index is 0.159. The molecule has 18 heavy (non-hydrogen) atoms. The maximum Gasteiger partial charge on any atom is 0.0853 e. The molecule has 0 bridgehead atoms. The lowest BCUT2D eigenvalue weighted by Crippen LogP contribution is -2.50. The zero-order valence-corrected chi connectivity index (χ0v) is 12.0. The van der Waals surface area contributed by atoms with Crippen LogP contribution >= 0.6 is 11.3 Å². The molecular formula is C14H24N2OS. The van der Waals surface area contributed by atoms with Crippen molar-refractivity contribution in [1.29, 1.82) is 0 Å². The van der Waals surface area contributed by atoms with Crippen molar-refractivity contribution >= 4 is 11.3 Å². The Morgan fingerprint density at radius 1 is 1.61 bits per heavy atom. The molecule has 1 aromatic heterocycles. The minimum absolute atomic E-state index is 0.159. The molecule has 2 rings (SSSR count). The van der Waals surface area contributed by atoms with Crippen molar-refractivity contribution in [2.45, 2.75) is 38.3 Å². The third-order valence-corrected chi connectivity index (χ3v) is 4.44. The fraction of sp³-hybridized carbons (Fsp3) is 0.714. The van der Waals surface area contributed by atoms with E-state index in [2.05, 4.69) is 29.3 Å². The normalized spacial score (nSPS) is 23.1. The van der Waals surface area contributed by atoms with Crippen molar-refractivity contribution in [2.24, 2.45) is 5.73 Å². The molecule has 1 fully saturated rings. The average molecular weight is 268 g/mol. The third kappa shape index (κ3) is 4.05. The minimum Gasteiger partial charge on any atom is -0.374 e. The molecule has 2 unspecified atom stereocenters. The predicted molar refractivity (Wildman–Crippen MR) is 77.1 cm³/mol. The summed E-state index contributed by atoms with van der Waals surface area (Å²) in [6.45, 7) is 6.28. The van der Waals surface area contributed by atoms with Crippen molar-refractivity contribution in [3.05, 3.63) is 22.4 Å². The van der Waals surface area contributed by atoms with Crippen LogP contribution in [-0.2, 0) is 11.2 Å². The standard InChI is InChI=1S/C14H24N2OS/c1-2-7-16-8-9-17-14(11-16)13(15)6-5-12-4-3-10-18-12/h3-4,10,13-14H,2,5-9,11,15H2,1H3. The van der Waals surface area contributed by atoms with Gasteiger partial charge >= 0.3 is 0 Å². The van der Waals surface area contributed by atoms with Gasteiger partial charge in [0.1, 0.15) is 0 Å². The highest BCUT2D eigenvalue weighted by Gasteiger charge is 2.25. The molecule has 2 heterocycles. The Kier molecular flexibility index (Phi) is 5.63. The number of thiophene rings is 1. The summed E-state index contributed by atoms with van der Waals surface area (Å²) >= 11 is 1.81. The van der Waals surface area contributed by atoms with E-state index >= 15 is 0 Å². The Morgan fingerprint density at radius 3 is 3.22 bits per heavy atom. The van der Waals surface area contributed by atoms with E-state index in [1.807, 2.05) is 11.3 Å². The number of rotatable bonds is 6. The molecular weight excluding hydrogens is 244 g/mol. The lowest BCUT2D eigenvalue weighted by atomic mass is 10.0. The van der Waals surface area contributed by atoms with E-state index in [1.54, 1.807) is 0 Å². The fourth-order valence-corrected chi connectivity index (χ4v) is 3.18. The summed E-state index contributed by atoms with van der Waals surface area (Å²) in [5.74, 6) is 0. The van der Waals surface area contributed by atoms with Gasteiger partial charge in [0.15, 0.2) is 0 Å². The molecule has 0 amide bonds. The lowest BCUT2D eigenvalue weighted by Gasteiger charge is -2.35. The van der Waals surface area contributed by atoms with Crippen LogP contribution in [0.25, 0.3) is 0 Å². The molecule has 0 spiro atoms. The molecule has 1 aromatic rings. The highest BCUT2D eigenvalue weighted by Crippen LogP contribution is 2.15. The number of aryl methyl sites for hydroxylation is 1. The summed E-state index contributed by atoms with van der Waals surface area (Å²) < 4.78 is 5.82. The number of nitrogens with two attached hydrogens (primary N) is 1. The molecule has 0 saturated carbocycles. The van der Waals surface area contributed by atoms with E-state index in [0.29, 0.717) is 0 Å². The van der Waals surface area contributed by atoms with E-state index in [1.165, 1.54) is 11.3 Å². The van der Waals surface area contributed by atoms with Crippen LogP contribution in [0.5, 0.6) is 0 Å². The third-order valence-electron chi connectivity index (χ3n) is 3.50. The molecule has 4 heteroatoms. The fourth-order valence-electron chi connectivity index (χ4n) is 2.46. The lowest BCUT2D eigenvalue weighted by molar-refractivity contribution is -0.0412. The van der Waals surface area contributed by atoms with Gasteiger partial charge in [0.2, 0.25) is 0 Å². The first kappa shape index (κ1) is 14.0. The zero-order valence-electron chi connectivity index (χ0n) is 11.2. The summed E-state index contributed by atoms with van der Waals surface area (Å²) in [6.07, 6.45) is 3.51. The van der Waals surface area contributed by atoms with E-state index in [-0.39, 0.29) is 12.1 Å². The number of hydrogen-bond acceptors (Lipinski definition) is 4. The van der Waals surface area contributed by atoms with Crippen molar-refractivity contribution < 1.29 is 4.74 Å². The van der Waals surface area contributed by atoms with Crippen LogP contribution in [-0.4, -0.2) is 43.3 Å². The first-order chi connectivity index (χ1) is 8.79. The van der Waals surface area contributed by atoms with Crippen molar-refractivity contribution in [3.8, 4) is 0 Å². The Labute approximate surface area is 114 Å². The molecule has 1 aliphatic heterocycles. The molecule has 1 aliphatic rings. The van der Waals surface area contributed by atoms with Gasteiger partial charge in [-0.3, -0.25) is 4.90 Å². The van der Waals surface area contributed by atoms with E-state index < -0.39 is 0 Å². The van der Waals surface area contributed by atoms with Gasteiger partial charge in [0.05, 0.1) is 12.7 Å². The molecule has 0 aliphatic carbocycles. The van der Waals surface area contributed by atoms with Crippen LogP contribution in [0.2, 0.25) is 0 Å². The van der Waals surface area contributed by atoms with Gasteiger partial charge in [0, 0.05) is 24.0 Å².